The molecule has 0 atom stereocenters. The molecule has 1 heterocycles. The van der Waals surface area contributed by atoms with Gasteiger partial charge < -0.3 is 9.47 Å². The minimum absolute atomic E-state index is 0.134. The third-order valence-electron chi connectivity index (χ3n) is 4.82. The van der Waals surface area contributed by atoms with Gasteiger partial charge in [0.1, 0.15) is 6.61 Å². The van der Waals surface area contributed by atoms with E-state index in [1.165, 1.54) is 11.8 Å². The van der Waals surface area contributed by atoms with E-state index in [4.69, 9.17) is 44.1 Å². The summed E-state index contributed by atoms with van der Waals surface area (Å²) in [5.41, 5.74) is 2.12. The number of hydrogen-bond acceptors (Lipinski definition) is 5. The maximum atomic E-state index is 13.5. The molecule has 1 aliphatic rings. The maximum absolute atomic E-state index is 13.5. The molecule has 0 saturated carbocycles. The number of rotatable bonds is 7. The van der Waals surface area contributed by atoms with Crippen molar-refractivity contribution in [2.75, 3.05) is 18.1 Å². The van der Waals surface area contributed by atoms with Crippen LogP contribution in [0.2, 0.25) is 10.0 Å². The molecule has 0 bridgehead atoms. The van der Waals surface area contributed by atoms with Gasteiger partial charge in [-0.25, -0.2) is 4.99 Å². The molecule has 0 spiro atoms. The number of carbonyl (C=O) groups is 1. The summed E-state index contributed by atoms with van der Waals surface area (Å²) in [6.07, 6.45) is 7.10. The monoisotopic (exact) mass is 522 g/mol. The van der Waals surface area contributed by atoms with Crippen molar-refractivity contribution in [3.8, 4) is 23.8 Å². The second kappa shape index (κ2) is 11.4. The van der Waals surface area contributed by atoms with Gasteiger partial charge in [0.15, 0.2) is 16.7 Å². The van der Waals surface area contributed by atoms with E-state index in [-0.39, 0.29) is 12.5 Å². The van der Waals surface area contributed by atoms with Gasteiger partial charge in [0.25, 0.3) is 5.91 Å². The Morgan fingerprint density at radius 3 is 2.34 bits per heavy atom. The minimum Gasteiger partial charge on any atom is -0.490 e. The molecule has 0 radical (unpaired) electrons. The number of carbonyl (C=O) groups excluding carboxylic acids is 1. The highest BCUT2D eigenvalue weighted by molar-refractivity contribution is 8.19. The van der Waals surface area contributed by atoms with E-state index in [0.717, 1.165) is 5.56 Å². The van der Waals surface area contributed by atoms with E-state index in [1.54, 1.807) is 65.6 Å². The van der Waals surface area contributed by atoms with Crippen LogP contribution < -0.4 is 14.4 Å². The molecule has 1 fully saturated rings. The second-order valence-corrected chi connectivity index (χ2v) is 9.11. The van der Waals surface area contributed by atoms with Gasteiger partial charge in [0.2, 0.25) is 0 Å². The van der Waals surface area contributed by atoms with E-state index in [9.17, 15) is 4.79 Å². The normalized spacial score (nSPS) is 15.5. The summed E-state index contributed by atoms with van der Waals surface area (Å²) in [7, 11) is 0. The first-order valence-corrected chi connectivity index (χ1v) is 12.2. The maximum Gasteiger partial charge on any atom is 0.271 e. The van der Waals surface area contributed by atoms with Crippen molar-refractivity contribution in [1.29, 1.82) is 0 Å². The highest BCUT2D eigenvalue weighted by Gasteiger charge is 2.34. The molecular formula is C27H20Cl2N2O3S. The van der Waals surface area contributed by atoms with Crippen LogP contribution in [0.15, 0.2) is 76.6 Å². The number of ether oxygens (including phenoxy) is 2. The summed E-state index contributed by atoms with van der Waals surface area (Å²) in [6, 6.07) is 19.6. The fourth-order valence-corrected chi connectivity index (χ4v) is 4.52. The van der Waals surface area contributed by atoms with Gasteiger partial charge in [-0.15, -0.1) is 6.42 Å². The summed E-state index contributed by atoms with van der Waals surface area (Å²) in [4.78, 5) is 20.3. The first-order valence-electron chi connectivity index (χ1n) is 10.7. The zero-order chi connectivity index (χ0) is 24.8. The third-order valence-corrected chi connectivity index (χ3v) is 6.29. The van der Waals surface area contributed by atoms with Crippen molar-refractivity contribution >= 4 is 63.5 Å². The fraction of sp³-hybridized carbons (Fsp3) is 0.111. The predicted octanol–water partition coefficient (Wildman–Crippen LogP) is 7.21. The summed E-state index contributed by atoms with van der Waals surface area (Å²) < 4.78 is 11.3. The van der Waals surface area contributed by atoms with E-state index in [1.807, 2.05) is 19.1 Å². The molecule has 3 aromatic rings. The minimum atomic E-state index is -0.198. The molecule has 0 N–H and O–H groups in total. The fourth-order valence-electron chi connectivity index (χ4n) is 3.27. The molecule has 0 unspecified atom stereocenters. The SMILES string of the molecule is C#CCOc1ccc(/C=C2\SC(=Nc3ccc(Cl)cc3)N(c3ccc(Cl)cc3)C2=O)cc1OCC. The van der Waals surface area contributed by atoms with Crippen LogP contribution in [0.5, 0.6) is 11.5 Å². The largest absolute Gasteiger partial charge is 0.490 e. The predicted molar refractivity (Wildman–Crippen MR) is 145 cm³/mol. The Morgan fingerprint density at radius 2 is 1.69 bits per heavy atom. The van der Waals surface area contributed by atoms with E-state index >= 15 is 0 Å². The number of thioether (sulfide) groups is 1. The number of hydrogen-bond donors (Lipinski definition) is 0. The molecular weight excluding hydrogens is 503 g/mol. The van der Waals surface area contributed by atoms with Crippen molar-refractivity contribution in [2.24, 2.45) is 4.99 Å². The first kappa shape index (κ1) is 24.7. The molecule has 1 amide bonds. The van der Waals surface area contributed by atoms with E-state index in [2.05, 4.69) is 5.92 Å². The van der Waals surface area contributed by atoms with Crippen LogP contribution in [0.25, 0.3) is 6.08 Å². The topological polar surface area (TPSA) is 51.1 Å². The van der Waals surface area contributed by atoms with Gasteiger partial charge in [0.05, 0.1) is 22.9 Å². The van der Waals surface area contributed by atoms with Gasteiger partial charge in [0, 0.05) is 10.0 Å². The smallest absolute Gasteiger partial charge is 0.271 e. The van der Waals surface area contributed by atoms with Crippen LogP contribution in [0.4, 0.5) is 11.4 Å². The molecule has 35 heavy (non-hydrogen) atoms. The molecule has 3 aromatic carbocycles. The van der Waals surface area contributed by atoms with Crippen molar-refractivity contribution in [3.05, 3.63) is 87.2 Å². The van der Waals surface area contributed by atoms with Crippen molar-refractivity contribution < 1.29 is 14.3 Å². The Labute approximate surface area is 218 Å². The van der Waals surface area contributed by atoms with Crippen molar-refractivity contribution in [3.63, 3.8) is 0 Å². The summed E-state index contributed by atoms with van der Waals surface area (Å²) >= 11 is 13.4. The van der Waals surface area contributed by atoms with Crippen LogP contribution in [0.1, 0.15) is 12.5 Å². The number of halogens is 2. The Morgan fingerprint density at radius 1 is 1.00 bits per heavy atom. The molecule has 0 aromatic heterocycles. The lowest BCUT2D eigenvalue weighted by atomic mass is 10.1. The molecule has 5 nitrogen and oxygen atoms in total. The highest BCUT2D eigenvalue weighted by Crippen LogP contribution is 2.38. The average Bonchev–Trinajstić information content (AvgIpc) is 3.15. The molecule has 4 rings (SSSR count). The second-order valence-electron chi connectivity index (χ2n) is 7.23. The van der Waals surface area contributed by atoms with Crippen LogP contribution in [-0.4, -0.2) is 24.3 Å². The number of nitrogens with zero attached hydrogens (tertiary/aromatic N) is 2. The van der Waals surface area contributed by atoms with Crippen LogP contribution in [-0.2, 0) is 4.79 Å². The Bertz CT molecular complexity index is 1330. The lowest BCUT2D eigenvalue weighted by molar-refractivity contribution is -0.113. The number of amidine groups is 1. The Hall–Kier alpha value is -3.37. The Balaban J connectivity index is 1.72. The number of terminal acetylenes is 1. The zero-order valence-corrected chi connectivity index (χ0v) is 21.0. The lowest BCUT2D eigenvalue weighted by Crippen LogP contribution is -2.28. The molecule has 176 valence electrons. The summed E-state index contributed by atoms with van der Waals surface area (Å²) in [5, 5.41) is 1.71. The molecule has 1 aliphatic heterocycles. The third kappa shape index (κ3) is 6.01. The van der Waals surface area contributed by atoms with Crippen molar-refractivity contribution in [1.82, 2.24) is 0 Å². The van der Waals surface area contributed by atoms with Gasteiger partial charge >= 0.3 is 0 Å². The number of anilines is 1. The van der Waals surface area contributed by atoms with Crippen LogP contribution >= 0.6 is 35.0 Å². The summed E-state index contributed by atoms with van der Waals surface area (Å²) in [6.45, 7) is 2.48. The van der Waals surface area contributed by atoms with E-state index in [0.29, 0.717) is 49.6 Å². The van der Waals surface area contributed by atoms with Crippen LogP contribution in [0.3, 0.4) is 0 Å². The van der Waals surface area contributed by atoms with E-state index < -0.39 is 0 Å². The molecule has 0 aliphatic carbocycles. The Kier molecular flexibility index (Phi) is 8.04. The molecule has 8 heteroatoms. The summed E-state index contributed by atoms with van der Waals surface area (Å²) in [5.74, 6) is 3.35. The van der Waals surface area contributed by atoms with Crippen LogP contribution in [0, 0.1) is 12.3 Å². The van der Waals surface area contributed by atoms with Gasteiger partial charge in [-0.2, -0.15) is 0 Å². The standard InChI is InChI=1S/C27H20Cl2N2O3S/c1-3-15-34-23-14-5-18(16-24(23)33-4-2)17-25-26(32)31(22-12-8-20(29)9-13-22)27(35-25)30-21-10-6-19(28)7-11-21/h1,5-14,16-17H,4,15H2,2H3/b25-17-,30-27?. The van der Waals surface area contributed by atoms with Gasteiger partial charge in [-0.1, -0.05) is 35.2 Å². The highest BCUT2D eigenvalue weighted by atomic mass is 35.5. The average molecular weight is 523 g/mol. The molecule has 1 saturated heterocycles. The number of benzene rings is 3. The number of aliphatic imine (C=N–C) groups is 1. The van der Waals surface area contributed by atoms with Gasteiger partial charge in [-0.05, 0) is 91.0 Å². The van der Waals surface area contributed by atoms with Gasteiger partial charge in [-0.3, -0.25) is 9.69 Å². The first-order chi connectivity index (χ1) is 17.0. The van der Waals surface area contributed by atoms with Crippen molar-refractivity contribution in [2.45, 2.75) is 6.92 Å². The number of amides is 1. The quantitative estimate of drug-likeness (QED) is 0.243. The lowest BCUT2D eigenvalue weighted by Gasteiger charge is -2.15. The zero-order valence-electron chi connectivity index (χ0n) is 18.7.